The molecule has 0 aromatic heterocycles. The van der Waals surface area contributed by atoms with Gasteiger partial charge in [0.1, 0.15) is 6.10 Å². The second kappa shape index (κ2) is 9.08. The molecule has 0 aliphatic heterocycles. The van der Waals surface area contributed by atoms with E-state index in [9.17, 15) is 9.59 Å². The van der Waals surface area contributed by atoms with E-state index in [-0.39, 0.29) is 30.7 Å². The maximum atomic E-state index is 12.2. The van der Waals surface area contributed by atoms with Crippen LogP contribution < -0.4 is 0 Å². The summed E-state index contributed by atoms with van der Waals surface area (Å²) in [6.45, 7) is 4.59. The van der Waals surface area contributed by atoms with Crippen molar-refractivity contribution in [2.45, 2.75) is 64.9 Å². The summed E-state index contributed by atoms with van der Waals surface area (Å²) >= 11 is 0. The van der Waals surface area contributed by atoms with Crippen LogP contribution in [0.3, 0.4) is 0 Å². The second-order valence-corrected chi connectivity index (χ2v) is 5.05. The monoisotopic (exact) mass is 270 g/mol. The summed E-state index contributed by atoms with van der Waals surface area (Å²) in [5, 5.41) is 0. The van der Waals surface area contributed by atoms with E-state index in [0.29, 0.717) is 19.1 Å². The molecule has 4 heteroatoms. The highest BCUT2D eigenvalue weighted by Gasteiger charge is 2.29. The van der Waals surface area contributed by atoms with E-state index in [1.54, 1.807) is 6.92 Å². The standard InChI is InChI=1S/C15H26O4/c1-3-18-14(17)11-10-13(16)15(19-4-2)12-8-6-5-7-9-12/h12,15H,3-11H2,1-2H3. The molecule has 19 heavy (non-hydrogen) atoms. The van der Waals surface area contributed by atoms with Crippen molar-refractivity contribution < 1.29 is 19.1 Å². The molecule has 1 aliphatic rings. The van der Waals surface area contributed by atoms with Crippen molar-refractivity contribution in [3.8, 4) is 0 Å². The first-order valence-corrected chi connectivity index (χ1v) is 7.49. The Labute approximate surface area is 115 Å². The molecule has 0 heterocycles. The number of Topliss-reactive ketones (excluding diaryl/α,β-unsaturated/α-hetero) is 1. The van der Waals surface area contributed by atoms with E-state index >= 15 is 0 Å². The highest BCUT2D eigenvalue weighted by Crippen LogP contribution is 2.29. The molecule has 1 aliphatic carbocycles. The van der Waals surface area contributed by atoms with Crippen molar-refractivity contribution in [3.63, 3.8) is 0 Å². The van der Waals surface area contributed by atoms with Gasteiger partial charge in [-0.2, -0.15) is 0 Å². The number of esters is 1. The van der Waals surface area contributed by atoms with Crippen molar-refractivity contribution in [1.82, 2.24) is 0 Å². The van der Waals surface area contributed by atoms with E-state index in [1.807, 2.05) is 6.92 Å². The molecule has 0 aromatic carbocycles. The van der Waals surface area contributed by atoms with Gasteiger partial charge >= 0.3 is 5.97 Å². The van der Waals surface area contributed by atoms with Crippen LogP contribution in [0.1, 0.15) is 58.8 Å². The van der Waals surface area contributed by atoms with Gasteiger partial charge in [-0.3, -0.25) is 9.59 Å². The minimum atomic E-state index is -0.320. The summed E-state index contributed by atoms with van der Waals surface area (Å²) in [4.78, 5) is 23.5. The number of rotatable bonds is 8. The van der Waals surface area contributed by atoms with E-state index < -0.39 is 0 Å². The molecule has 4 nitrogen and oxygen atoms in total. The Hall–Kier alpha value is -0.900. The largest absolute Gasteiger partial charge is 0.466 e. The molecule has 0 aromatic rings. The summed E-state index contributed by atoms with van der Waals surface area (Å²) in [6.07, 6.45) is 5.83. The smallest absolute Gasteiger partial charge is 0.306 e. The Kier molecular flexibility index (Phi) is 7.72. The Morgan fingerprint density at radius 1 is 1.05 bits per heavy atom. The highest BCUT2D eigenvalue weighted by molar-refractivity contribution is 5.86. The Balaban J connectivity index is 2.45. The van der Waals surface area contributed by atoms with Crippen LogP contribution in [0, 0.1) is 5.92 Å². The van der Waals surface area contributed by atoms with Crippen molar-refractivity contribution in [1.29, 1.82) is 0 Å². The van der Waals surface area contributed by atoms with Crippen molar-refractivity contribution in [2.75, 3.05) is 13.2 Å². The van der Waals surface area contributed by atoms with Gasteiger partial charge in [-0.15, -0.1) is 0 Å². The SMILES string of the molecule is CCOC(=O)CCC(=O)C(OCC)C1CCCCC1. The molecule has 1 saturated carbocycles. The highest BCUT2D eigenvalue weighted by atomic mass is 16.5. The first-order chi connectivity index (χ1) is 9.19. The molecule has 0 N–H and O–H groups in total. The van der Waals surface area contributed by atoms with Crippen molar-refractivity contribution >= 4 is 11.8 Å². The minimum absolute atomic E-state index is 0.0572. The molecule has 0 radical (unpaired) electrons. The van der Waals surface area contributed by atoms with E-state index in [4.69, 9.17) is 9.47 Å². The molecular weight excluding hydrogens is 244 g/mol. The third-order valence-electron chi connectivity index (χ3n) is 3.62. The number of hydrogen-bond donors (Lipinski definition) is 0. The zero-order valence-electron chi connectivity index (χ0n) is 12.2. The number of carbonyl (C=O) groups excluding carboxylic acids is 2. The first kappa shape index (κ1) is 16.2. The molecule has 1 atom stereocenters. The van der Waals surface area contributed by atoms with Gasteiger partial charge in [0, 0.05) is 13.0 Å². The van der Waals surface area contributed by atoms with E-state index in [1.165, 1.54) is 19.3 Å². The lowest BCUT2D eigenvalue weighted by Crippen LogP contribution is -2.34. The van der Waals surface area contributed by atoms with Crippen molar-refractivity contribution in [3.05, 3.63) is 0 Å². The third kappa shape index (κ3) is 5.72. The van der Waals surface area contributed by atoms with E-state index in [2.05, 4.69) is 0 Å². The summed E-state index contributed by atoms with van der Waals surface area (Å²) < 4.78 is 10.5. The van der Waals surface area contributed by atoms with Gasteiger partial charge in [0.15, 0.2) is 5.78 Å². The fourth-order valence-corrected chi connectivity index (χ4v) is 2.71. The number of ether oxygens (including phenoxy) is 2. The molecule has 0 amide bonds. The van der Waals surface area contributed by atoms with Crippen LogP contribution >= 0.6 is 0 Å². The number of hydrogen-bond acceptors (Lipinski definition) is 4. The predicted molar refractivity (Wildman–Crippen MR) is 72.9 cm³/mol. The Bertz CT molecular complexity index is 282. The summed E-state index contributed by atoms with van der Waals surface area (Å²) in [5.41, 5.74) is 0. The van der Waals surface area contributed by atoms with Gasteiger partial charge in [0.05, 0.1) is 13.0 Å². The van der Waals surface area contributed by atoms with Gasteiger partial charge in [-0.05, 0) is 32.6 Å². The Morgan fingerprint density at radius 2 is 1.74 bits per heavy atom. The third-order valence-corrected chi connectivity index (χ3v) is 3.62. The molecule has 1 rings (SSSR count). The summed E-state index contributed by atoms with van der Waals surface area (Å²) in [5.74, 6) is 0.0972. The lowest BCUT2D eigenvalue weighted by molar-refractivity contribution is -0.146. The minimum Gasteiger partial charge on any atom is -0.466 e. The van der Waals surface area contributed by atoms with Gasteiger partial charge in [0.25, 0.3) is 0 Å². The lowest BCUT2D eigenvalue weighted by atomic mass is 9.83. The molecule has 0 bridgehead atoms. The lowest BCUT2D eigenvalue weighted by Gasteiger charge is -2.29. The molecule has 1 unspecified atom stereocenters. The van der Waals surface area contributed by atoms with Crippen LogP contribution in [0.2, 0.25) is 0 Å². The fraction of sp³-hybridized carbons (Fsp3) is 0.867. The predicted octanol–water partition coefficient (Wildman–Crippen LogP) is 2.88. The molecule has 110 valence electrons. The van der Waals surface area contributed by atoms with Crippen LogP contribution in [0.25, 0.3) is 0 Å². The van der Waals surface area contributed by atoms with Crippen LogP contribution in [0.4, 0.5) is 0 Å². The Morgan fingerprint density at radius 3 is 2.32 bits per heavy atom. The van der Waals surface area contributed by atoms with Gasteiger partial charge in [0.2, 0.25) is 0 Å². The van der Waals surface area contributed by atoms with Crippen LogP contribution in [-0.2, 0) is 19.1 Å². The normalized spacial score (nSPS) is 18.0. The fourth-order valence-electron chi connectivity index (χ4n) is 2.71. The molecular formula is C15H26O4. The van der Waals surface area contributed by atoms with Crippen molar-refractivity contribution in [2.24, 2.45) is 5.92 Å². The van der Waals surface area contributed by atoms with Crippen LogP contribution in [0.15, 0.2) is 0 Å². The molecule has 1 fully saturated rings. The molecule has 0 spiro atoms. The maximum Gasteiger partial charge on any atom is 0.306 e. The second-order valence-electron chi connectivity index (χ2n) is 5.05. The zero-order valence-corrected chi connectivity index (χ0v) is 12.2. The summed E-state index contributed by atoms with van der Waals surface area (Å²) in [6, 6.07) is 0. The summed E-state index contributed by atoms with van der Waals surface area (Å²) in [7, 11) is 0. The number of carbonyl (C=O) groups is 2. The van der Waals surface area contributed by atoms with Gasteiger partial charge in [-0.25, -0.2) is 0 Å². The topological polar surface area (TPSA) is 52.6 Å². The average Bonchev–Trinajstić information content (AvgIpc) is 2.43. The van der Waals surface area contributed by atoms with Crippen LogP contribution in [-0.4, -0.2) is 31.1 Å². The first-order valence-electron chi connectivity index (χ1n) is 7.49. The van der Waals surface area contributed by atoms with E-state index in [0.717, 1.165) is 12.8 Å². The zero-order chi connectivity index (χ0) is 14.1. The van der Waals surface area contributed by atoms with Gasteiger partial charge < -0.3 is 9.47 Å². The van der Waals surface area contributed by atoms with Crippen LogP contribution in [0.5, 0.6) is 0 Å². The average molecular weight is 270 g/mol. The maximum absolute atomic E-state index is 12.2. The quantitative estimate of drug-likeness (QED) is 0.636. The van der Waals surface area contributed by atoms with Gasteiger partial charge in [-0.1, -0.05) is 19.3 Å². The molecule has 0 saturated heterocycles. The number of ketones is 1.